The normalized spacial score (nSPS) is 11.4. The second kappa shape index (κ2) is 6.04. The zero-order valence-corrected chi connectivity index (χ0v) is 12.3. The van der Waals surface area contributed by atoms with Crippen molar-refractivity contribution in [2.24, 2.45) is 0 Å². The molecular weight excluding hydrogens is 282 g/mol. The Hall–Kier alpha value is -1.89. The van der Waals surface area contributed by atoms with Gasteiger partial charge in [-0.15, -0.1) is 0 Å². The van der Waals surface area contributed by atoms with Crippen LogP contribution in [-0.4, -0.2) is 36.4 Å². The molecule has 0 radical (unpaired) electrons. The van der Waals surface area contributed by atoms with Crippen LogP contribution in [0.3, 0.4) is 0 Å². The van der Waals surface area contributed by atoms with Crippen LogP contribution in [0.2, 0.25) is 0 Å². The number of anilines is 1. The summed E-state index contributed by atoms with van der Waals surface area (Å²) in [6, 6.07) is 4.49. The Balaban J connectivity index is 2.95. The highest BCUT2D eigenvalue weighted by Crippen LogP contribution is 2.17. The Morgan fingerprint density at radius 2 is 1.90 bits per heavy atom. The van der Waals surface area contributed by atoms with E-state index in [0.717, 1.165) is 5.56 Å². The topological polar surface area (TPSA) is 101 Å². The smallest absolute Gasteiger partial charge is 0.337 e. The fraction of sp³-hybridized carbons (Fsp3) is 0.385. The third kappa shape index (κ3) is 4.06. The Kier molecular flexibility index (Phi) is 4.88. The zero-order chi connectivity index (χ0) is 15.5. The summed E-state index contributed by atoms with van der Waals surface area (Å²) in [6.45, 7) is 4.69. The number of amides is 1. The monoisotopic (exact) mass is 299 g/mol. The minimum absolute atomic E-state index is 0.0692. The molecule has 0 atom stereocenters. The molecule has 1 rings (SSSR count). The van der Waals surface area contributed by atoms with Gasteiger partial charge in [0.25, 0.3) is 0 Å². The van der Waals surface area contributed by atoms with Crippen LogP contribution in [0, 0.1) is 6.92 Å². The number of hydrogen-bond acceptors (Lipinski definition) is 4. The predicted molar refractivity (Wildman–Crippen MR) is 75.7 cm³/mol. The first-order valence-corrected chi connectivity index (χ1v) is 7.70. The molecule has 0 spiro atoms. The first-order valence-electron chi connectivity index (χ1n) is 5.99. The van der Waals surface area contributed by atoms with Gasteiger partial charge in [-0.2, -0.15) is 0 Å². The van der Waals surface area contributed by atoms with Gasteiger partial charge in [0.05, 0.1) is 16.5 Å². The van der Waals surface area contributed by atoms with E-state index in [9.17, 15) is 18.0 Å². The number of carbonyl (C=O) groups is 2. The first kappa shape index (κ1) is 16.2. The van der Waals surface area contributed by atoms with E-state index in [4.69, 9.17) is 5.11 Å². The van der Waals surface area contributed by atoms with Crippen molar-refractivity contribution in [3.8, 4) is 0 Å². The van der Waals surface area contributed by atoms with E-state index < -0.39 is 32.7 Å². The number of rotatable bonds is 5. The lowest BCUT2D eigenvalue weighted by Gasteiger charge is -2.11. The highest BCUT2D eigenvalue weighted by atomic mass is 32.2. The molecule has 110 valence electrons. The van der Waals surface area contributed by atoms with Crippen LogP contribution < -0.4 is 5.32 Å². The van der Waals surface area contributed by atoms with Crippen molar-refractivity contribution in [3.63, 3.8) is 0 Å². The number of aryl methyl sites for hydroxylation is 1. The molecule has 0 aliphatic rings. The highest BCUT2D eigenvalue weighted by molar-refractivity contribution is 7.92. The molecule has 1 aromatic rings. The predicted octanol–water partition coefficient (Wildman–Crippen LogP) is 1.45. The van der Waals surface area contributed by atoms with Crippen LogP contribution in [-0.2, 0) is 14.6 Å². The van der Waals surface area contributed by atoms with Crippen LogP contribution >= 0.6 is 0 Å². The molecule has 7 heteroatoms. The number of benzene rings is 1. The summed E-state index contributed by atoms with van der Waals surface area (Å²) in [6.07, 6.45) is 0. The number of aromatic carboxylic acids is 1. The number of hydrogen-bond donors (Lipinski definition) is 2. The molecule has 0 unspecified atom stereocenters. The molecule has 0 saturated heterocycles. The number of carbonyl (C=O) groups excluding carboxylic acids is 1. The molecule has 1 aromatic carbocycles. The van der Waals surface area contributed by atoms with Crippen molar-refractivity contribution < 1.29 is 23.1 Å². The van der Waals surface area contributed by atoms with Gasteiger partial charge in [-0.25, -0.2) is 13.2 Å². The molecular formula is C13H17NO5S. The van der Waals surface area contributed by atoms with Crippen LogP contribution in [0.25, 0.3) is 0 Å². The number of sulfone groups is 1. The van der Waals surface area contributed by atoms with Gasteiger partial charge < -0.3 is 10.4 Å². The summed E-state index contributed by atoms with van der Waals surface area (Å²) in [5, 5.41) is 10.7. The lowest BCUT2D eigenvalue weighted by molar-refractivity contribution is -0.113. The number of carboxylic acid groups (broad SMARTS) is 1. The van der Waals surface area contributed by atoms with E-state index in [-0.39, 0.29) is 11.3 Å². The third-order valence-corrected chi connectivity index (χ3v) is 4.83. The van der Waals surface area contributed by atoms with Gasteiger partial charge in [0.2, 0.25) is 5.91 Å². The Labute approximate surface area is 117 Å². The molecule has 0 aliphatic heterocycles. The first-order chi connectivity index (χ1) is 9.13. The molecule has 0 aliphatic carbocycles. The number of carboxylic acids is 1. The zero-order valence-electron chi connectivity index (χ0n) is 11.5. The highest BCUT2D eigenvalue weighted by Gasteiger charge is 2.21. The molecule has 2 N–H and O–H groups in total. The standard InChI is InChI=1S/C13H17NO5S/c1-8(2)20(18,19)7-12(15)14-11-5-4-9(3)6-10(11)13(16)17/h4-6,8H,7H2,1-3H3,(H,14,15)(H,16,17). The lowest BCUT2D eigenvalue weighted by Crippen LogP contribution is -2.28. The summed E-state index contributed by atoms with van der Waals surface area (Å²) in [5.74, 6) is -2.60. The molecule has 0 aromatic heterocycles. The molecule has 20 heavy (non-hydrogen) atoms. The molecule has 1 amide bonds. The van der Waals surface area contributed by atoms with E-state index in [0.29, 0.717) is 0 Å². The van der Waals surface area contributed by atoms with Crippen LogP contribution in [0.5, 0.6) is 0 Å². The van der Waals surface area contributed by atoms with Crippen LogP contribution in [0.1, 0.15) is 29.8 Å². The molecule has 0 bridgehead atoms. The van der Waals surface area contributed by atoms with Gasteiger partial charge in [-0.1, -0.05) is 11.6 Å². The minimum atomic E-state index is -3.52. The second-order valence-corrected chi connectivity index (χ2v) is 7.32. The summed E-state index contributed by atoms with van der Waals surface area (Å²) in [4.78, 5) is 22.8. The van der Waals surface area contributed by atoms with Gasteiger partial charge in [0, 0.05) is 0 Å². The second-order valence-electron chi connectivity index (χ2n) is 4.76. The summed E-state index contributed by atoms with van der Waals surface area (Å²) >= 11 is 0. The van der Waals surface area contributed by atoms with Gasteiger partial charge in [0.1, 0.15) is 5.75 Å². The van der Waals surface area contributed by atoms with Gasteiger partial charge in [-0.05, 0) is 32.9 Å². The maximum Gasteiger partial charge on any atom is 0.337 e. The van der Waals surface area contributed by atoms with Crippen molar-refractivity contribution >= 4 is 27.4 Å². The van der Waals surface area contributed by atoms with E-state index in [2.05, 4.69) is 5.32 Å². The Morgan fingerprint density at radius 1 is 1.30 bits per heavy atom. The van der Waals surface area contributed by atoms with E-state index in [1.807, 2.05) is 0 Å². The molecule has 0 heterocycles. The quantitative estimate of drug-likeness (QED) is 0.857. The Morgan fingerprint density at radius 3 is 2.40 bits per heavy atom. The van der Waals surface area contributed by atoms with Crippen LogP contribution in [0.4, 0.5) is 5.69 Å². The fourth-order valence-corrected chi connectivity index (χ4v) is 2.25. The van der Waals surface area contributed by atoms with Crippen LogP contribution in [0.15, 0.2) is 18.2 Å². The minimum Gasteiger partial charge on any atom is -0.478 e. The average molecular weight is 299 g/mol. The van der Waals surface area contributed by atoms with Gasteiger partial charge in [0.15, 0.2) is 9.84 Å². The summed E-state index contributed by atoms with van der Waals surface area (Å²) in [5.41, 5.74) is 0.752. The third-order valence-electron chi connectivity index (χ3n) is 2.73. The average Bonchev–Trinajstić information content (AvgIpc) is 2.30. The van der Waals surface area contributed by atoms with Crippen molar-refractivity contribution in [1.29, 1.82) is 0 Å². The van der Waals surface area contributed by atoms with E-state index in [1.54, 1.807) is 13.0 Å². The fourth-order valence-electron chi connectivity index (χ4n) is 1.48. The summed E-state index contributed by atoms with van der Waals surface area (Å²) < 4.78 is 23.3. The van der Waals surface area contributed by atoms with Crippen molar-refractivity contribution in [1.82, 2.24) is 0 Å². The van der Waals surface area contributed by atoms with Crippen molar-refractivity contribution in [3.05, 3.63) is 29.3 Å². The number of nitrogens with one attached hydrogen (secondary N) is 1. The maximum absolute atomic E-state index is 11.7. The molecule has 0 fully saturated rings. The van der Waals surface area contributed by atoms with Crippen molar-refractivity contribution in [2.45, 2.75) is 26.0 Å². The SMILES string of the molecule is Cc1ccc(NC(=O)CS(=O)(=O)C(C)C)c(C(=O)O)c1. The molecule has 6 nitrogen and oxygen atoms in total. The molecule has 0 saturated carbocycles. The largest absolute Gasteiger partial charge is 0.478 e. The van der Waals surface area contributed by atoms with E-state index in [1.165, 1.54) is 26.0 Å². The summed E-state index contributed by atoms with van der Waals surface area (Å²) in [7, 11) is -3.52. The van der Waals surface area contributed by atoms with E-state index >= 15 is 0 Å². The lowest BCUT2D eigenvalue weighted by atomic mass is 10.1. The van der Waals surface area contributed by atoms with Crippen molar-refractivity contribution in [2.75, 3.05) is 11.1 Å². The van der Waals surface area contributed by atoms with Gasteiger partial charge in [-0.3, -0.25) is 4.79 Å². The maximum atomic E-state index is 11.7. The Bertz CT molecular complexity index is 634. The van der Waals surface area contributed by atoms with Gasteiger partial charge >= 0.3 is 5.97 Å².